The fraction of sp³-hybridized carbons (Fsp3) is 0.500. The first-order valence-electron chi connectivity index (χ1n) is 9.33. The Morgan fingerprint density at radius 2 is 2.07 bits per heavy atom. The van der Waals surface area contributed by atoms with Gasteiger partial charge in [-0.1, -0.05) is 6.92 Å². The average Bonchev–Trinajstić information content (AvgIpc) is 2.94. The molecule has 2 aliphatic rings. The smallest absolute Gasteiger partial charge is 0.414 e. The van der Waals surface area contributed by atoms with Gasteiger partial charge in [-0.25, -0.2) is 4.79 Å². The average molecular weight is 372 g/mol. The predicted octanol–water partition coefficient (Wildman–Crippen LogP) is 2.26. The Hall–Kier alpha value is -2.70. The second-order valence-electron chi connectivity index (χ2n) is 7.02. The molecular weight excluding hydrogens is 348 g/mol. The Balaban J connectivity index is 1.79. The van der Waals surface area contributed by atoms with E-state index in [2.05, 4.69) is 5.32 Å². The van der Waals surface area contributed by atoms with Crippen LogP contribution in [-0.4, -0.2) is 42.8 Å². The van der Waals surface area contributed by atoms with Crippen molar-refractivity contribution in [1.29, 1.82) is 0 Å². The van der Waals surface area contributed by atoms with Crippen LogP contribution < -0.4 is 10.2 Å². The van der Waals surface area contributed by atoms with Gasteiger partial charge in [0.25, 0.3) is 0 Å². The van der Waals surface area contributed by atoms with Gasteiger partial charge in [0.15, 0.2) is 5.78 Å². The Labute approximate surface area is 158 Å². The lowest BCUT2D eigenvalue weighted by atomic mass is 9.90. The summed E-state index contributed by atoms with van der Waals surface area (Å²) < 4.78 is 5.29. The number of Topliss-reactive ketones (excluding diaryl/α,β-unsaturated/α-hetero) is 2. The summed E-state index contributed by atoms with van der Waals surface area (Å²) >= 11 is 0. The molecule has 0 aromatic heterocycles. The van der Waals surface area contributed by atoms with Gasteiger partial charge in [0.2, 0.25) is 5.91 Å². The van der Waals surface area contributed by atoms with Crippen molar-refractivity contribution in [2.24, 2.45) is 5.92 Å². The number of ether oxygens (including phenoxy) is 1. The molecule has 1 aromatic carbocycles. The second-order valence-corrected chi connectivity index (χ2v) is 7.02. The molecule has 1 unspecified atom stereocenters. The largest absolute Gasteiger partial charge is 0.442 e. The van der Waals surface area contributed by atoms with Crippen LogP contribution in [0.5, 0.6) is 0 Å². The van der Waals surface area contributed by atoms with E-state index in [-0.39, 0.29) is 24.0 Å². The van der Waals surface area contributed by atoms with Crippen molar-refractivity contribution in [3.63, 3.8) is 0 Å². The van der Waals surface area contributed by atoms with Crippen LogP contribution in [0.15, 0.2) is 18.2 Å². The Bertz CT molecular complexity index is 789. The molecule has 2 amide bonds. The first-order chi connectivity index (χ1) is 12.9. The molecule has 0 radical (unpaired) electrons. The number of anilines is 1. The quantitative estimate of drug-likeness (QED) is 0.632. The third kappa shape index (κ3) is 4.02. The lowest BCUT2D eigenvalue weighted by Gasteiger charge is -2.16. The third-order valence-electron chi connectivity index (χ3n) is 5.11. The summed E-state index contributed by atoms with van der Waals surface area (Å²) in [5.41, 5.74) is 2.10. The van der Waals surface area contributed by atoms with Crippen LogP contribution in [0.1, 0.15) is 49.0 Å². The molecule has 1 aliphatic carbocycles. The van der Waals surface area contributed by atoms with Crippen molar-refractivity contribution in [1.82, 2.24) is 5.32 Å². The van der Waals surface area contributed by atoms with E-state index in [9.17, 15) is 19.2 Å². The highest BCUT2D eigenvalue weighted by molar-refractivity contribution is 6.11. The van der Waals surface area contributed by atoms with Crippen LogP contribution >= 0.6 is 0 Å². The number of hydrogen-bond acceptors (Lipinski definition) is 5. The SMILES string of the molecule is CCC(=O)C1CCCc2cc(N3C[C@H](CNC(C)=O)OC3=O)ccc2C1=O. The zero-order chi connectivity index (χ0) is 19.6. The number of hydrogen-bond donors (Lipinski definition) is 1. The minimum Gasteiger partial charge on any atom is -0.442 e. The minimum absolute atomic E-state index is 0.0131. The number of nitrogens with one attached hydrogen (secondary N) is 1. The van der Waals surface area contributed by atoms with E-state index in [1.807, 2.05) is 6.07 Å². The number of nitrogens with zero attached hydrogens (tertiary/aromatic N) is 1. The summed E-state index contributed by atoms with van der Waals surface area (Å²) in [5.74, 6) is -0.862. The van der Waals surface area contributed by atoms with Crippen LogP contribution in [0, 0.1) is 5.92 Å². The molecular formula is C20H24N2O5. The molecule has 1 fully saturated rings. The Morgan fingerprint density at radius 1 is 1.30 bits per heavy atom. The summed E-state index contributed by atoms with van der Waals surface area (Å²) in [6, 6.07) is 5.27. The Morgan fingerprint density at radius 3 is 2.78 bits per heavy atom. The van der Waals surface area contributed by atoms with Gasteiger partial charge in [-0.05, 0) is 43.0 Å². The number of ketones is 2. The van der Waals surface area contributed by atoms with Gasteiger partial charge in [-0.3, -0.25) is 19.3 Å². The summed E-state index contributed by atoms with van der Waals surface area (Å²) in [7, 11) is 0. The van der Waals surface area contributed by atoms with Crippen LogP contribution in [-0.2, 0) is 20.7 Å². The highest BCUT2D eigenvalue weighted by atomic mass is 16.6. The normalized spacial score (nSPS) is 22.1. The van der Waals surface area contributed by atoms with Gasteiger partial charge in [-0.2, -0.15) is 0 Å². The molecule has 3 rings (SSSR count). The molecule has 1 aromatic rings. The predicted molar refractivity (Wildman–Crippen MR) is 98.8 cm³/mol. The van der Waals surface area contributed by atoms with Crippen molar-refractivity contribution in [2.45, 2.75) is 45.6 Å². The lowest BCUT2D eigenvalue weighted by molar-refractivity contribution is -0.121. The highest BCUT2D eigenvalue weighted by Crippen LogP contribution is 2.30. The van der Waals surface area contributed by atoms with Crippen LogP contribution in [0.4, 0.5) is 10.5 Å². The van der Waals surface area contributed by atoms with Crippen LogP contribution in [0.25, 0.3) is 0 Å². The number of carbonyl (C=O) groups excluding carboxylic acids is 4. The lowest BCUT2D eigenvalue weighted by Crippen LogP contribution is -2.33. The first-order valence-corrected chi connectivity index (χ1v) is 9.33. The van der Waals surface area contributed by atoms with Crippen molar-refractivity contribution in [3.05, 3.63) is 29.3 Å². The number of rotatable bonds is 5. The van der Waals surface area contributed by atoms with Gasteiger partial charge in [0.1, 0.15) is 11.9 Å². The number of fused-ring (bicyclic) bond motifs is 1. The number of carbonyl (C=O) groups is 4. The van der Waals surface area contributed by atoms with Crippen molar-refractivity contribution in [2.75, 3.05) is 18.0 Å². The maximum atomic E-state index is 12.8. The van der Waals surface area contributed by atoms with Gasteiger partial charge in [0, 0.05) is 24.6 Å². The number of aryl methyl sites for hydroxylation is 1. The number of amides is 2. The highest BCUT2D eigenvalue weighted by Gasteiger charge is 2.34. The van der Waals surface area contributed by atoms with Crippen molar-refractivity contribution in [3.8, 4) is 0 Å². The van der Waals surface area contributed by atoms with Crippen LogP contribution in [0.3, 0.4) is 0 Å². The fourth-order valence-electron chi connectivity index (χ4n) is 3.66. The van der Waals surface area contributed by atoms with Crippen LogP contribution in [0.2, 0.25) is 0 Å². The zero-order valence-electron chi connectivity index (χ0n) is 15.6. The number of cyclic esters (lactones) is 1. The molecule has 27 heavy (non-hydrogen) atoms. The summed E-state index contributed by atoms with van der Waals surface area (Å²) in [4.78, 5) is 49.6. The van der Waals surface area contributed by atoms with Gasteiger partial charge in [0.05, 0.1) is 19.0 Å². The molecule has 1 saturated heterocycles. The van der Waals surface area contributed by atoms with Crippen molar-refractivity contribution >= 4 is 29.3 Å². The van der Waals surface area contributed by atoms with Gasteiger partial charge in [-0.15, -0.1) is 0 Å². The summed E-state index contributed by atoms with van der Waals surface area (Å²) in [6.45, 7) is 3.79. The molecule has 7 nitrogen and oxygen atoms in total. The molecule has 2 atom stereocenters. The maximum Gasteiger partial charge on any atom is 0.414 e. The minimum atomic E-state index is -0.555. The summed E-state index contributed by atoms with van der Waals surface area (Å²) in [5, 5.41) is 2.65. The first kappa shape index (κ1) is 19.1. The molecule has 1 heterocycles. The van der Waals surface area contributed by atoms with E-state index in [4.69, 9.17) is 4.74 Å². The second kappa shape index (κ2) is 7.90. The monoisotopic (exact) mass is 372 g/mol. The van der Waals surface area contributed by atoms with E-state index < -0.39 is 18.1 Å². The summed E-state index contributed by atoms with van der Waals surface area (Å²) in [6.07, 6.45) is 1.51. The van der Waals surface area contributed by atoms with E-state index in [0.29, 0.717) is 37.1 Å². The van der Waals surface area contributed by atoms with E-state index in [1.165, 1.54) is 11.8 Å². The molecule has 144 valence electrons. The van der Waals surface area contributed by atoms with Gasteiger partial charge < -0.3 is 10.1 Å². The fourth-order valence-corrected chi connectivity index (χ4v) is 3.66. The molecule has 7 heteroatoms. The molecule has 0 bridgehead atoms. The Kier molecular flexibility index (Phi) is 5.58. The maximum absolute atomic E-state index is 12.8. The topological polar surface area (TPSA) is 92.8 Å². The standard InChI is InChI=1S/C20H24N2O5/c1-3-18(24)17-6-4-5-13-9-14(7-8-16(13)19(17)25)22-11-15(27-20(22)26)10-21-12(2)23/h7-9,15,17H,3-6,10-11H2,1-2H3,(H,21,23)/t15-,17?/m0/s1. The number of benzene rings is 1. The van der Waals surface area contributed by atoms with E-state index >= 15 is 0 Å². The molecule has 1 aliphatic heterocycles. The van der Waals surface area contributed by atoms with E-state index in [1.54, 1.807) is 19.1 Å². The van der Waals surface area contributed by atoms with Crippen molar-refractivity contribution < 1.29 is 23.9 Å². The zero-order valence-corrected chi connectivity index (χ0v) is 15.6. The van der Waals surface area contributed by atoms with E-state index in [0.717, 1.165) is 12.0 Å². The van der Waals surface area contributed by atoms with Gasteiger partial charge >= 0.3 is 6.09 Å². The molecule has 1 N–H and O–H groups in total. The third-order valence-corrected chi connectivity index (χ3v) is 5.11. The molecule has 0 spiro atoms. The molecule has 0 saturated carbocycles.